The smallest absolute Gasteiger partial charge is 0.405 e. The second-order valence-corrected chi connectivity index (χ2v) is 5.17. The molecule has 0 fully saturated rings. The van der Waals surface area contributed by atoms with Crippen LogP contribution in [0.3, 0.4) is 0 Å². The molecule has 3 rings (SSSR count). The lowest BCUT2D eigenvalue weighted by Gasteiger charge is -2.13. The molecule has 25 heavy (non-hydrogen) atoms. The largest absolute Gasteiger partial charge is 0.573 e. The van der Waals surface area contributed by atoms with Gasteiger partial charge < -0.3 is 10.5 Å². The zero-order valence-corrected chi connectivity index (χ0v) is 12.9. The van der Waals surface area contributed by atoms with Crippen molar-refractivity contribution >= 4 is 5.82 Å². The number of nitrogens with two attached hydrogens (primary N) is 1. The van der Waals surface area contributed by atoms with Crippen LogP contribution in [0.5, 0.6) is 5.75 Å². The number of nitrogens with zero attached hydrogens (tertiary/aromatic N) is 3. The lowest BCUT2D eigenvalue weighted by molar-refractivity contribution is -0.274. The zero-order chi connectivity index (χ0) is 17.9. The molecule has 2 aromatic heterocycles. The quantitative estimate of drug-likeness (QED) is 0.781. The topological polar surface area (TPSA) is 73.9 Å². The molecule has 5 nitrogen and oxygen atoms in total. The van der Waals surface area contributed by atoms with E-state index in [2.05, 4.69) is 19.7 Å². The summed E-state index contributed by atoms with van der Waals surface area (Å²) in [5.74, 6) is -0.136. The van der Waals surface area contributed by atoms with Crippen molar-refractivity contribution in [1.29, 1.82) is 0 Å². The van der Waals surface area contributed by atoms with Crippen molar-refractivity contribution in [2.45, 2.75) is 12.8 Å². The molecule has 0 aliphatic heterocycles. The molecular formula is C17H13F3N4O. The van der Waals surface area contributed by atoms with Gasteiger partial charge in [-0.25, -0.2) is 9.97 Å². The van der Waals surface area contributed by atoms with Crippen molar-refractivity contribution in [3.63, 3.8) is 0 Å². The summed E-state index contributed by atoms with van der Waals surface area (Å²) in [6, 6.07) is 9.37. The first kappa shape index (κ1) is 16.7. The highest BCUT2D eigenvalue weighted by atomic mass is 19.4. The third kappa shape index (κ3) is 4.23. The van der Waals surface area contributed by atoms with E-state index in [4.69, 9.17) is 5.73 Å². The Hall–Kier alpha value is -3.16. The van der Waals surface area contributed by atoms with Gasteiger partial charge in [0.1, 0.15) is 11.6 Å². The molecule has 0 saturated heterocycles. The third-order valence-electron chi connectivity index (χ3n) is 3.36. The van der Waals surface area contributed by atoms with E-state index in [1.165, 1.54) is 24.4 Å². The first-order valence-electron chi connectivity index (χ1n) is 7.28. The number of benzene rings is 1. The van der Waals surface area contributed by atoms with E-state index in [1.54, 1.807) is 24.5 Å². The van der Waals surface area contributed by atoms with Crippen molar-refractivity contribution in [1.82, 2.24) is 15.0 Å². The summed E-state index contributed by atoms with van der Waals surface area (Å²) in [6.07, 6.45) is 0.188. The van der Waals surface area contributed by atoms with Crippen LogP contribution in [0, 0.1) is 0 Å². The molecule has 0 aliphatic rings. The fraction of sp³-hybridized carbons (Fsp3) is 0.118. The van der Waals surface area contributed by atoms with Crippen LogP contribution >= 0.6 is 0 Å². The minimum absolute atomic E-state index is 0.180. The number of pyridine rings is 1. The molecular weight excluding hydrogens is 333 g/mol. The van der Waals surface area contributed by atoms with Gasteiger partial charge in [-0.3, -0.25) is 4.98 Å². The van der Waals surface area contributed by atoms with Crippen LogP contribution in [-0.4, -0.2) is 21.3 Å². The SMILES string of the molecule is Nc1ncc(-c2ccccc2OC(F)(F)F)nc1Cc1cccnc1. The molecule has 0 amide bonds. The first-order valence-corrected chi connectivity index (χ1v) is 7.28. The van der Waals surface area contributed by atoms with E-state index >= 15 is 0 Å². The van der Waals surface area contributed by atoms with Crippen molar-refractivity contribution in [2.24, 2.45) is 0 Å². The van der Waals surface area contributed by atoms with Gasteiger partial charge in [-0.05, 0) is 23.8 Å². The minimum atomic E-state index is -4.80. The highest BCUT2D eigenvalue weighted by molar-refractivity contribution is 5.67. The molecule has 2 heterocycles. The number of hydrogen-bond acceptors (Lipinski definition) is 5. The Labute approximate surface area is 141 Å². The maximum atomic E-state index is 12.6. The van der Waals surface area contributed by atoms with Crippen LogP contribution in [0.2, 0.25) is 0 Å². The van der Waals surface area contributed by atoms with Crippen molar-refractivity contribution in [3.05, 3.63) is 66.2 Å². The Kier molecular flexibility index (Phi) is 4.51. The molecule has 1 aromatic carbocycles. The molecule has 0 aliphatic carbocycles. The molecule has 0 radical (unpaired) electrons. The Morgan fingerprint density at radius 2 is 1.84 bits per heavy atom. The van der Waals surface area contributed by atoms with E-state index in [-0.39, 0.29) is 22.8 Å². The molecule has 0 unspecified atom stereocenters. The van der Waals surface area contributed by atoms with Gasteiger partial charge in [0.2, 0.25) is 0 Å². The van der Waals surface area contributed by atoms with Gasteiger partial charge in [-0.15, -0.1) is 13.2 Å². The Balaban J connectivity index is 1.98. The highest BCUT2D eigenvalue weighted by Crippen LogP contribution is 2.33. The molecule has 2 N–H and O–H groups in total. The van der Waals surface area contributed by atoms with Crippen molar-refractivity contribution in [2.75, 3.05) is 5.73 Å². The Bertz CT molecular complexity index is 869. The number of ether oxygens (including phenoxy) is 1. The number of anilines is 1. The standard InChI is InChI=1S/C17H13F3N4O/c18-17(19,20)25-15-6-2-1-5-12(15)14-10-23-16(21)13(24-14)8-11-4-3-7-22-9-11/h1-7,9-10H,8H2,(H2,21,23). The number of nitrogen functional groups attached to an aromatic ring is 1. The molecule has 0 bridgehead atoms. The van der Waals surface area contributed by atoms with Crippen molar-refractivity contribution < 1.29 is 17.9 Å². The first-order chi connectivity index (χ1) is 11.9. The van der Waals surface area contributed by atoms with E-state index in [9.17, 15) is 13.2 Å². The highest BCUT2D eigenvalue weighted by Gasteiger charge is 2.32. The van der Waals surface area contributed by atoms with Gasteiger partial charge in [0.25, 0.3) is 0 Å². The van der Waals surface area contributed by atoms with Gasteiger partial charge in [0.05, 0.1) is 17.6 Å². The molecule has 0 spiro atoms. The lowest BCUT2D eigenvalue weighted by Crippen LogP contribution is -2.17. The average molecular weight is 346 g/mol. The number of rotatable bonds is 4. The maximum Gasteiger partial charge on any atom is 0.573 e. The maximum absolute atomic E-state index is 12.6. The second-order valence-electron chi connectivity index (χ2n) is 5.17. The molecule has 0 atom stereocenters. The summed E-state index contributed by atoms with van der Waals surface area (Å²) in [5.41, 5.74) is 7.59. The summed E-state index contributed by atoms with van der Waals surface area (Å²) < 4.78 is 41.8. The minimum Gasteiger partial charge on any atom is -0.405 e. The van der Waals surface area contributed by atoms with E-state index < -0.39 is 6.36 Å². The summed E-state index contributed by atoms with van der Waals surface area (Å²) >= 11 is 0. The van der Waals surface area contributed by atoms with Crippen LogP contribution in [0.4, 0.5) is 19.0 Å². The van der Waals surface area contributed by atoms with E-state index in [0.29, 0.717) is 12.1 Å². The van der Waals surface area contributed by atoms with Crippen LogP contribution in [0.25, 0.3) is 11.3 Å². The predicted molar refractivity (Wildman–Crippen MR) is 85.6 cm³/mol. The number of halogens is 3. The summed E-state index contributed by atoms with van der Waals surface area (Å²) in [7, 11) is 0. The normalized spacial score (nSPS) is 11.3. The van der Waals surface area contributed by atoms with Gasteiger partial charge in [-0.2, -0.15) is 0 Å². The fourth-order valence-corrected chi connectivity index (χ4v) is 2.28. The Morgan fingerprint density at radius 1 is 1.04 bits per heavy atom. The zero-order valence-electron chi connectivity index (χ0n) is 12.9. The molecule has 8 heteroatoms. The van der Waals surface area contributed by atoms with Gasteiger partial charge in [-0.1, -0.05) is 18.2 Å². The average Bonchev–Trinajstić information content (AvgIpc) is 2.57. The monoisotopic (exact) mass is 346 g/mol. The molecule has 0 saturated carbocycles. The number of aromatic nitrogens is 3. The van der Waals surface area contributed by atoms with Crippen molar-refractivity contribution in [3.8, 4) is 17.0 Å². The summed E-state index contributed by atoms with van der Waals surface area (Å²) in [4.78, 5) is 12.4. The van der Waals surface area contributed by atoms with Gasteiger partial charge in [0.15, 0.2) is 0 Å². The fourth-order valence-electron chi connectivity index (χ4n) is 2.28. The predicted octanol–water partition coefficient (Wildman–Crippen LogP) is 3.61. The second kappa shape index (κ2) is 6.76. The van der Waals surface area contributed by atoms with Gasteiger partial charge >= 0.3 is 6.36 Å². The van der Waals surface area contributed by atoms with E-state index in [0.717, 1.165) is 5.56 Å². The van der Waals surface area contributed by atoms with Crippen LogP contribution in [-0.2, 0) is 6.42 Å². The van der Waals surface area contributed by atoms with Crippen LogP contribution in [0.15, 0.2) is 55.0 Å². The van der Waals surface area contributed by atoms with Crippen LogP contribution < -0.4 is 10.5 Å². The van der Waals surface area contributed by atoms with E-state index in [1.807, 2.05) is 6.07 Å². The molecule has 128 valence electrons. The number of para-hydroxylation sites is 1. The Morgan fingerprint density at radius 3 is 2.56 bits per heavy atom. The molecule has 3 aromatic rings. The number of hydrogen-bond donors (Lipinski definition) is 1. The third-order valence-corrected chi connectivity index (χ3v) is 3.36. The summed E-state index contributed by atoms with van der Waals surface area (Å²) in [5, 5.41) is 0. The number of alkyl halides is 3. The summed E-state index contributed by atoms with van der Waals surface area (Å²) in [6.45, 7) is 0. The van der Waals surface area contributed by atoms with Gasteiger partial charge in [0, 0.05) is 24.4 Å². The van der Waals surface area contributed by atoms with Crippen LogP contribution in [0.1, 0.15) is 11.3 Å². The lowest BCUT2D eigenvalue weighted by atomic mass is 10.1.